The van der Waals surface area contributed by atoms with Gasteiger partial charge in [0.2, 0.25) is 5.91 Å². The van der Waals surface area contributed by atoms with E-state index in [4.69, 9.17) is 14.2 Å². The van der Waals surface area contributed by atoms with Crippen LogP contribution in [0.5, 0.6) is 0 Å². The molecule has 8 nitrogen and oxygen atoms in total. The van der Waals surface area contributed by atoms with Crippen molar-refractivity contribution < 1.29 is 41.8 Å². The molecule has 0 unspecified atom stereocenters. The highest BCUT2D eigenvalue weighted by molar-refractivity contribution is 5.92. The minimum atomic E-state index is -5.18. The largest absolute Gasteiger partial charge is 0.471 e. The molecule has 1 heterocycles. The Morgan fingerprint density at radius 1 is 1.11 bits per heavy atom. The molecule has 200 valence electrons. The van der Waals surface area contributed by atoms with Gasteiger partial charge in [0, 0.05) is 6.42 Å². The number of hydrogen-bond acceptors (Lipinski definition) is 6. The molecule has 2 rings (SSSR count). The van der Waals surface area contributed by atoms with Crippen LogP contribution in [0.3, 0.4) is 0 Å². The number of hydrogen-bond donors (Lipinski definition) is 2. The number of ether oxygens (including phenoxy) is 3. The second-order valence-corrected chi connectivity index (χ2v) is 9.84. The summed E-state index contributed by atoms with van der Waals surface area (Å²) in [5.41, 5.74) is -0.348. The van der Waals surface area contributed by atoms with Crippen LogP contribution < -0.4 is 10.6 Å². The van der Waals surface area contributed by atoms with Crippen LogP contribution in [0.15, 0.2) is 42.5 Å². The summed E-state index contributed by atoms with van der Waals surface area (Å²) in [6.45, 7) is 8.75. The fraction of sp³-hybridized carbons (Fsp3) is 0.560. The van der Waals surface area contributed by atoms with Gasteiger partial charge in [-0.15, -0.1) is 0 Å². The van der Waals surface area contributed by atoms with Gasteiger partial charge in [-0.3, -0.25) is 9.59 Å². The van der Waals surface area contributed by atoms with Crippen molar-refractivity contribution in [2.24, 2.45) is 0 Å². The van der Waals surface area contributed by atoms with Gasteiger partial charge in [-0.1, -0.05) is 42.5 Å². The molecule has 1 aromatic carbocycles. The molecule has 1 aliphatic rings. The maximum absolute atomic E-state index is 13.0. The van der Waals surface area contributed by atoms with Crippen molar-refractivity contribution in [2.75, 3.05) is 6.61 Å². The molecule has 0 spiro atoms. The van der Waals surface area contributed by atoms with Crippen LogP contribution >= 0.6 is 0 Å². The third kappa shape index (κ3) is 9.98. The quantitative estimate of drug-likeness (QED) is 0.388. The molecule has 1 saturated heterocycles. The minimum absolute atomic E-state index is 0.0216. The maximum Gasteiger partial charge on any atom is 0.471 e. The fourth-order valence-electron chi connectivity index (χ4n) is 3.34. The van der Waals surface area contributed by atoms with Crippen molar-refractivity contribution >= 4 is 17.8 Å². The van der Waals surface area contributed by atoms with E-state index in [9.17, 15) is 27.6 Å². The van der Waals surface area contributed by atoms with E-state index in [1.165, 1.54) is 0 Å². The highest BCUT2D eigenvalue weighted by Gasteiger charge is 2.41. The molecular formula is C25H33F3N2O6. The Morgan fingerprint density at radius 3 is 2.28 bits per heavy atom. The molecule has 3 atom stereocenters. The van der Waals surface area contributed by atoms with Crippen molar-refractivity contribution in [3.05, 3.63) is 48.0 Å². The summed E-state index contributed by atoms with van der Waals surface area (Å²) in [6, 6.07) is 5.43. The molecule has 11 heteroatoms. The topological polar surface area (TPSA) is 103 Å². The Bertz CT molecular complexity index is 941. The standard InChI is InChI=1S/C25H33F3N2O6/c1-23(2,3)36-21(32)18(13-9-12-17-15-34-24(4,5)35-17)29-20(31)19(30-22(33)25(26,27)28)14-16-10-7-6-8-11-16/h6-12,17-19H,13-15H2,1-5H3,(H,29,31)(H,30,33)/b12-9+/t17-,18+,19-/m0/s1. The molecule has 0 aromatic heterocycles. The molecular weight excluding hydrogens is 481 g/mol. The minimum Gasteiger partial charge on any atom is -0.458 e. The molecule has 0 aliphatic carbocycles. The van der Waals surface area contributed by atoms with E-state index in [1.807, 2.05) is 0 Å². The van der Waals surface area contributed by atoms with Gasteiger partial charge < -0.3 is 24.8 Å². The molecule has 0 radical (unpaired) electrons. The summed E-state index contributed by atoms with van der Waals surface area (Å²) in [5, 5.41) is 4.16. The average molecular weight is 515 g/mol. The molecule has 1 aliphatic heterocycles. The lowest BCUT2D eigenvalue weighted by Gasteiger charge is -2.26. The summed E-state index contributed by atoms with van der Waals surface area (Å²) >= 11 is 0. The van der Waals surface area contributed by atoms with Crippen LogP contribution in [0.2, 0.25) is 0 Å². The van der Waals surface area contributed by atoms with Crippen LogP contribution in [0.25, 0.3) is 0 Å². The van der Waals surface area contributed by atoms with Gasteiger partial charge in [-0.05, 0) is 46.6 Å². The number of carbonyl (C=O) groups excluding carboxylic acids is 3. The normalized spacial score (nSPS) is 19.5. The van der Waals surface area contributed by atoms with Crippen LogP contribution in [0, 0.1) is 0 Å². The zero-order chi connectivity index (χ0) is 27.1. The number of alkyl halides is 3. The lowest BCUT2D eigenvalue weighted by atomic mass is 10.0. The summed E-state index contributed by atoms with van der Waals surface area (Å²) in [5.74, 6) is -4.74. The van der Waals surface area contributed by atoms with Gasteiger partial charge in [0.25, 0.3) is 0 Å². The highest BCUT2D eigenvalue weighted by atomic mass is 19.4. The number of carbonyl (C=O) groups is 3. The average Bonchev–Trinajstić information content (AvgIpc) is 3.09. The van der Waals surface area contributed by atoms with Gasteiger partial charge >= 0.3 is 18.1 Å². The first-order valence-electron chi connectivity index (χ1n) is 11.5. The van der Waals surface area contributed by atoms with E-state index >= 15 is 0 Å². The zero-order valence-corrected chi connectivity index (χ0v) is 21.0. The molecule has 36 heavy (non-hydrogen) atoms. The van der Waals surface area contributed by atoms with E-state index in [1.54, 1.807) is 82.4 Å². The first-order chi connectivity index (χ1) is 16.6. The summed E-state index contributed by atoms with van der Waals surface area (Å²) in [6.07, 6.45) is -2.51. The number of amides is 2. The Morgan fingerprint density at radius 2 is 1.75 bits per heavy atom. The first-order valence-corrected chi connectivity index (χ1v) is 11.5. The lowest BCUT2D eigenvalue weighted by molar-refractivity contribution is -0.174. The summed E-state index contributed by atoms with van der Waals surface area (Å²) < 4.78 is 55.2. The van der Waals surface area contributed by atoms with Crippen molar-refractivity contribution in [3.8, 4) is 0 Å². The predicted octanol–water partition coefficient (Wildman–Crippen LogP) is 3.20. The Balaban J connectivity index is 2.19. The van der Waals surface area contributed by atoms with Crippen molar-refractivity contribution in [1.29, 1.82) is 0 Å². The predicted molar refractivity (Wildman–Crippen MR) is 125 cm³/mol. The van der Waals surface area contributed by atoms with Crippen molar-refractivity contribution in [3.63, 3.8) is 0 Å². The zero-order valence-electron chi connectivity index (χ0n) is 21.0. The van der Waals surface area contributed by atoms with Crippen molar-refractivity contribution in [2.45, 2.75) is 83.2 Å². The van der Waals surface area contributed by atoms with E-state index < -0.39 is 47.4 Å². The Kier molecular flexibility index (Phi) is 9.67. The number of nitrogens with one attached hydrogen (secondary N) is 2. The second-order valence-electron chi connectivity index (χ2n) is 9.84. The summed E-state index contributed by atoms with van der Waals surface area (Å²) in [4.78, 5) is 37.4. The van der Waals surface area contributed by atoms with E-state index in [-0.39, 0.29) is 18.9 Å². The van der Waals surface area contributed by atoms with Crippen LogP contribution in [-0.2, 0) is 35.0 Å². The van der Waals surface area contributed by atoms with E-state index in [0.29, 0.717) is 12.2 Å². The fourth-order valence-corrected chi connectivity index (χ4v) is 3.34. The Hall–Kier alpha value is -2.92. The molecule has 1 fully saturated rings. The van der Waals surface area contributed by atoms with Gasteiger partial charge in [-0.25, -0.2) is 4.79 Å². The number of rotatable bonds is 9. The van der Waals surface area contributed by atoms with E-state index in [0.717, 1.165) is 0 Å². The number of esters is 1. The van der Waals surface area contributed by atoms with Crippen LogP contribution in [0.4, 0.5) is 13.2 Å². The van der Waals surface area contributed by atoms with Gasteiger partial charge in [-0.2, -0.15) is 13.2 Å². The van der Waals surface area contributed by atoms with Crippen LogP contribution in [-0.4, -0.2) is 60.1 Å². The smallest absolute Gasteiger partial charge is 0.458 e. The molecule has 2 N–H and O–H groups in total. The first kappa shape index (κ1) is 29.3. The van der Waals surface area contributed by atoms with Gasteiger partial charge in [0.05, 0.1) is 6.61 Å². The molecule has 0 saturated carbocycles. The summed E-state index contributed by atoms with van der Waals surface area (Å²) in [7, 11) is 0. The Labute approximate surface area is 208 Å². The van der Waals surface area contributed by atoms with Gasteiger partial charge in [0.15, 0.2) is 5.79 Å². The molecule has 1 aromatic rings. The van der Waals surface area contributed by atoms with Gasteiger partial charge in [0.1, 0.15) is 23.8 Å². The number of halogens is 3. The SMILES string of the molecule is CC(C)(C)OC(=O)[C@@H](C/C=C/[C@H]1COC(C)(C)O1)NC(=O)[C@H](Cc1ccccc1)NC(=O)C(F)(F)F. The molecule has 0 bridgehead atoms. The monoisotopic (exact) mass is 514 g/mol. The van der Waals surface area contributed by atoms with Crippen LogP contribution in [0.1, 0.15) is 46.6 Å². The third-order valence-electron chi connectivity index (χ3n) is 4.92. The number of benzene rings is 1. The lowest BCUT2D eigenvalue weighted by Crippen LogP contribution is -2.55. The second kappa shape index (κ2) is 11.9. The van der Waals surface area contributed by atoms with E-state index in [2.05, 4.69) is 5.32 Å². The van der Waals surface area contributed by atoms with Crippen molar-refractivity contribution in [1.82, 2.24) is 10.6 Å². The maximum atomic E-state index is 13.0. The molecule has 2 amide bonds. The highest BCUT2D eigenvalue weighted by Crippen LogP contribution is 2.23. The third-order valence-corrected chi connectivity index (χ3v) is 4.92.